The van der Waals surface area contributed by atoms with E-state index >= 15 is 0 Å². The van der Waals surface area contributed by atoms with Crippen LogP contribution in [0.15, 0.2) is 30.3 Å². The van der Waals surface area contributed by atoms with Gasteiger partial charge in [-0.1, -0.05) is 36.4 Å². The van der Waals surface area contributed by atoms with Crippen LogP contribution in [0.1, 0.15) is 43.6 Å². The van der Waals surface area contributed by atoms with Gasteiger partial charge in [-0.2, -0.15) is 0 Å². The summed E-state index contributed by atoms with van der Waals surface area (Å²) in [5.74, 6) is 0.771. The Morgan fingerprint density at radius 2 is 1.83 bits per heavy atom. The second-order valence-corrected chi connectivity index (χ2v) is 9.47. The average Bonchev–Trinajstić information content (AvgIpc) is 2.45. The first-order valence-electron chi connectivity index (χ1n) is 7.12. The maximum absolute atomic E-state index is 5.99. The summed E-state index contributed by atoms with van der Waals surface area (Å²) < 4.78 is 5.99. The van der Waals surface area contributed by atoms with Crippen molar-refractivity contribution in [3.8, 4) is 0 Å². The van der Waals surface area contributed by atoms with Gasteiger partial charge in [-0.3, -0.25) is 0 Å². The number of halogens is 1. The molecule has 0 unspecified atom stereocenters. The molecule has 0 spiro atoms. The van der Waals surface area contributed by atoms with E-state index in [4.69, 9.17) is 4.74 Å². The van der Waals surface area contributed by atoms with E-state index in [9.17, 15) is 0 Å². The van der Waals surface area contributed by atoms with Crippen molar-refractivity contribution in [2.75, 3.05) is 6.61 Å². The van der Waals surface area contributed by atoms with Crippen LogP contribution in [0.4, 0.5) is 0 Å². The van der Waals surface area contributed by atoms with Crippen molar-refractivity contribution < 1.29 is 4.74 Å². The molecule has 1 fully saturated rings. The molecule has 1 nitrogen and oxygen atoms in total. The number of hydrogen-bond acceptors (Lipinski definition) is 1. The van der Waals surface area contributed by atoms with Gasteiger partial charge in [0.1, 0.15) is 0 Å². The summed E-state index contributed by atoms with van der Waals surface area (Å²) in [4.78, 5) is 0. The van der Waals surface area contributed by atoms with Crippen LogP contribution in [0, 0.1) is 0 Å². The largest absolute Gasteiger partial charge is 0.378 e. The number of ether oxygens (including phenoxy) is 1. The Bertz CT molecular complexity index is 323. The summed E-state index contributed by atoms with van der Waals surface area (Å²) in [6.07, 6.45) is 6.93. The predicted molar refractivity (Wildman–Crippen MR) is 89.4 cm³/mol. The highest BCUT2D eigenvalue weighted by Gasteiger charge is 2.22. The van der Waals surface area contributed by atoms with Gasteiger partial charge in [-0.05, 0) is 43.6 Å². The summed E-state index contributed by atoms with van der Waals surface area (Å²) in [5.41, 5.74) is 1.52. The van der Waals surface area contributed by atoms with Crippen LogP contribution in [0.5, 0.6) is 0 Å². The molecule has 3 heteroatoms. The van der Waals surface area contributed by atoms with Gasteiger partial charge in [0, 0.05) is 6.61 Å². The van der Waals surface area contributed by atoms with Crippen LogP contribution < -0.4 is 0 Å². The van der Waals surface area contributed by atoms with Crippen molar-refractivity contribution in [2.24, 2.45) is 0 Å². The molecule has 0 radical (unpaired) electrons. The van der Waals surface area contributed by atoms with Crippen molar-refractivity contribution in [3.05, 3.63) is 35.9 Å². The van der Waals surface area contributed by atoms with Crippen LogP contribution in [-0.2, 0) is 4.74 Å². The molecular weight excluding hydrogens is 351 g/mol. The van der Waals surface area contributed by atoms with E-state index in [0.29, 0.717) is 6.10 Å². The summed E-state index contributed by atoms with van der Waals surface area (Å²) in [7, 11) is 0.212. The van der Waals surface area contributed by atoms with Gasteiger partial charge in [0.25, 0.3) is 0 Å². The lowest BCUT2D eigenvalue weighted by Crippen LogP contribution is -2.21. The molecular formula is C15H23IOSi. The first-order chi connectivity index (χ1) is 8.90. The molecule has 2 rings (SSSR count). The van der Waals surface area contributed by atoms with Crippen molar-refractivity contribution in [3.63, 3.8) is 0 Å². The lowest BCUT2D eigenvalue weighted by molar-refractivity contribution is 0.0252. The van der Waals surface area contributed by atoms with Crippen LogP contribution in [0.25, 0.3) is 0 Å². The van der Waals surface area contributed by atoms with Crippen LogP contribution in [-0.4, -0.2) is 19.7 Å². The minimum atomic E-state index is 0.212. The van der Waals surface area contributed by atoms with E-state index in [-0.39, 0.29) is 7.02 Å². The third kappa shape index (κ3) is 4.66. The number of benzene rings is 1. The minimum absolute atomic E-state index is 0.212. The van der Waals surface area contributed by atoms with Gasteiger partial charge in [0.2, 0.25) is 0 Å². The van der Waals surface area contributed by atoms with E-state index in [1.807, 2.05) is 0 Å². The second-order valence-electron chi connectivity index (χ2n) is 5.15. The summed E-state index contributed by atoms with van der Waals surface area (Å²) >= 11 is 2.57. The molecule has 1 aliphatic carbocycles. The van der Waals surface area contributed by atoms with Gasteiger partial charge >= 0.3 is 0 Å². The van der Waals surface area contributed by atoms with E-state index < -0.39 is 0 Å². The molecule has 0 bridgehead atoms. The number of hydrogen-bond donors (Lipinski definition) is 0. The molecule has 0 heterocycles. The summed E-state index contributed by atoms with van der Waals surface area (Å²) in [5, 5.41) is 0. The molecule has 1 aromatic carbocycles. The minimum Gasteiger partial charge on any atom is -0.378 e. The van der Waals surface area contributed by atoms with Crippen LogP contribution in [0.2, 0.25) is 6.04 Å². The highest BCUT2D eigenvalue weighted by atomic mass is 127. The highest BCUT2D eigenvalue weighted by Crippen LogP contribution is 2.33. The Kier molecular flexibility index (Phi) is 6.72. The lowest BCUT2D eigenvalue weighted by atomic mass is 9.83. The third-order valence-corrected chi connectivity index (χ3v) is 6.88. The normalized spacial score (nSPS) is 24.7. The quantitative estimate of drug-likeness (QED) is 0.316. The topological polar surface area (TPSA) is 9.23 Å². The summed E-state index contributed by atoms with van der Waals surface area (Å²) in [6, 6.07) is 12.4. The molecule has 0 N–H and O–H groups in total. The molecule has 0 saturated heterocycles. The van der Waals surface area contributed by atoms with Gasteiger partial charge < -0.3 is 4.74 Å². The highest BCUT2D eigenvalue weighted by molar-refractivity contribution is 14.1. The molecule has 18 heavy (non-hydrogen) atoms. The number of rotatable bonds is 6. The Morgan fingerprint density at radius 3 is 2.50 bits per heavy atom. The molecule has 0 amide bonds. The second kappa shape index (κ2) is 8.33. The maximum atomic E-state index is 5.99. The molecule has 1 saturated carbocycles. The zero-order valence-corrected chi connectivity index (χ0v) is 14.6. The van der Waals surface area contributed by atoms with Crippen LogP contribution in [0.3, 0.4) is 0 Å². The Balaban J connectivity index is 1.68. The van der Waals surface area contributed by atoms with Crippen molar-refractivity contribution in [2.45, 2.75) is 50.2 Å². The average molecular weight is 374 g/mol. The fourth-order valence-corrected chi connectivity index (χ4v) is 4.75. The predicted octanol–water partition coefficient (Wildman–Crippen LogP) is 4.06. The van der Waals surface area contributed by atoms with Crippen LogP contribution >= 0.6 is 21.8 Å². The Morgan fingerprint density at radius 1 is 1.11 bits per heavy atom. The SMILES string of the molecule is I[SiH2]CCCO[C@H]1CC[C@H](c2ccccc2)CC1. The molecule has 0 aromatic heterocycles. The molecule has 1 aromatic rings. The Labute approximate surface area is 126 Å². The standard InChI is InChI=1S/C15H23IOSi/c16-18-12-4-11-17-15-9-7-14(8-10-15)13-5-2-1-3-6-13/h1-3,5-6,14-15H,4,7-12,18H2/t14-,15-. The van der Waals surface area contributed by atoms with Gasteiger partial charge in [-0.15, -0.1) is 21.8 Å². The molecule has 1 aliphatic rings. The zero-order valence-electron chi connectivity index (χ0n) is 11.0. The fraction of sp³-hybridized carbons (Fsp3) is 0.600. The van der Waals surface area contributed by atoms with Crippen molar-refractivity contribution >= 4 is 28.8 Å². The molecule has 0 atom stereocenters. The monoisotopic (exact) mass is 374 g/mol. The third-order valence-electron chi connectivity index (χ3n) is 3.83. The van der Waals surface area contributed by atoms with Gasteiger partial charge in [0.15, 0.2) is 0 Å². The summed E-state index contributed by atoms with van der Waals surface area (Å²) in [6.45, 7) is 0.997. The zero-order chi connectivity index (χ0) is 12.6. The fourth-order valence-electron chi connectivity index (χ4n) is 2.73. The first-order valence-corrected chi connectivity index (χ1v) is 13.2. The lowest BCUT2D eigenvalue weighted by Gasteiger charge is -2.28. The van der Waals surface area contributed by atoms with E-state index in [1.165, 1.54) is 43.7 Å². The van der Waals surface area contributed by atoms with Crippen molar-refractivity contribution in [1.82, 2.24) is 0 Å². The molecule has 100 valence electrons. The van der Waals surface area contributed by atoms with E-state index in [2.05, 4.69) is 52.1 Å². The maximum Gasteiger partial charge on any atom is 0.0938 e. The van der Waals surface area contributed by atoms with Gasteiger partial charge in [0.05, 0.1) is 13.1 Å². The van der Waals surface area contributed by atoms with Crippen molar-refractivity contribution in [1.29, 1.82) is 0 Å². The smallest absolute Gasteiger partial charge is 0.0938 e. The van der Waals surface area contributed by atoms with E-state index in [0.717, 1.165) is 12.5 Å². The molecule has 0 aliphatic heterocycles. The van der Waals surface area contributed by atoms with E-state index in [1.54, 1.807) is 0 Å². The first kappa shape index (κ1) is 14.5. The Hall–Kier alpha value is 0.127. The van der Waals surface area contributed by atoms with Gasteiger partial charge in [-0.25, -0.2) is 0 Å².